The van der Waals surface area contributed by atoms with Crippen LogP contribution in [0.2, 0.25) is 0 Å². The Bertz CT molecular complexity index is 3310. The van der Waals surface area contributed by atoms with Crippen molar-refractivity contribution in [3.05, 3.63) is 255 Å². The van der Waals surface area contributed by atoms with Gasteiger partial charge in [-0.15, -0.1) is 0 Å². The molecule has 0 aliphatic heterocycles. The maximum atomic E-state index is 2.48. The first kappa shape index (κ1) is 36.8. The Balaban J connectivity index is 1.17. The van der Waals surface area contributed by atoms with Crippen LogP contribution >= 0.6 is 0 Å². The van der Waals surface area contributed by atoms with Gasteiger partial charge in [0.1, 0.15) is 0 Å². The summed E-state index contributed by atoms with van der Waals surface area (Å²) in [4.78, 5) is 2.44. The summed E-state index contributed by atoms with van der Waals surface area (Å²) in [5.41, 5.74) is 18.5. The predicted molar refractivity (Wildman–Crippen MR) is 263 cm³/mol. The average Bonchev–Trinajstić information content (AvgIpc) is 3.69. The van der Waals surface area contributed by atoms with E-state index in [0.29, 0.717) is 0 Å². The van der Waals surface area contributed by atoms with Crippen LogP contribution in [-0.2, 0) is 0 Å². The molecule has 0 unspecified atom stereocenters. The number of hydrogen-bond acceptors (Lipinski definition) is 1. The van der Waals surface area contributed by atoms with E-state index >= 15 is 0 Å². The second-order valence-corrected chi connectivity index (χ2v) is 15.7. The van der Waals surface area contributed by atoms with Crippen LogP contribution in [0.25, 0.3) is 83.1 Å². The minimum atomic E-state index is 1.07. The summed E-state index contributed by atoms with van der Waals surface area (Å²) in [6, 6.07) is 92.2. The van der Waals surface area contributed by atoms with Gasteiger partial charge >= 0.3 is 0 Å². The first-order chi connectivity index (χ1) is 30.8. The number of rotatable bonds is 9. The van der Waals surface area contributed by atoms with E-state index in [1.54, 1.807) is 0 Å². The van der Waals surface area contributed by atoms with Crippen LogP contribution in [0.15, 0.2) is 255 Å². The lowest BCUT2D eigenvalue weighted by Crippen LogP contribution is -2.11. The maximum absolute atomic E-state index is 2.48. The highest BCUT2D eigenvalue weighted by Gasteiger charge is 2.22. The summed E-state index contributed by atoms with van der Waals surface area (Å²) < 4.78 is 2.48. The minimum Gasteiger partial charge on any atom is -0.310 e. The Hall–Kier alpha value is -8.20. The molecule has 62 heavy (non-hydrogen) atoms. The summed E-state index contributed by atoms with van der Waals surface area (Å²) >= 11 is 0. The molecule has 0 amide bonds. The lowest BCUT2D eigenvalue weighted by Gasteiger charge is -2.29. The first-order valence-electron chi connectivity index (χ1n) is 21.3. The van der Waals surface area contributed by atoms with Gasteiger partial charge in [-0.1, -0.05) is 212 Å². The molecule has 0 fully saturated rings. The number of benzene rings is 10. The van der Waals surface area contributed by atoms with Crippen molar-refractivity contribution >= 4 is 38.9 Å². The van der Waals surface area contributed by atoms with Crippen LogP contribution in [0.3, 0.4) is 0 Å². The lowest BCUT2D eigenvalue weighted by molar-refractivity contribution is 1.18. The van der Waals surface area contributed by atoms with Crippen LogP contribution < -0.4 is 4.90 Å². The lowest BCUT2D eigenvalue weighted by atomic mass is 9.93. The van der Waals surface area contributed by atoms with E-state index in [4.69, 9.17) is 0 Å². The first-order valence-corrected chi connectivity index (χ1v) is 21.3. The Morgan fingerprint density at radius 3 is 1.40 bits per heavy atom. The second kappa shape index (κ2) is 16.1. The van der Waals surface area contributed by atoms with Gasteiger partial charge in [-0.3, -0.25) is 0 Å². The third kappa shape index (κ3) is 6.74. The Morgan fingerprint density at radius 2 is 0.726 bits per heavy atom. The highest BCUT2D eigenvalue weighted by molar-refractivity contribution is 6.11. The van der Waals surface area contributed by atoms with Gasteiger partial charge in [0.15, 0.2) is 0 Å². The topological polar surface area (TPSA) is 8.17 Å². The molecule has 0 N–H and O–H groups in total. The summed E-state index contributed by atoms with van der Waals surface area (Å²) in [5.74, 6) is 0. The van der Waals surface area contributed by atoms with Crippen LogP contribution in [-0.4, -0.2) is 4.57 Å². The van der Waals surface area contributed by atoms with Gasteiger partial charge in [-0.2, -0.15) is 0 Å². The van der Waals surface area contributed by atoms with Crippen molar-refractivity contribution in [2.45, 2.75) is 0 Å². The molecule has 292 valence electrons. The van der Waals surface area contributed by atoms with Gasteiger partial charge in [0.2, 0.25) is 0 Å². The summed E-state index contributed by atoms with van der Waals surface area (Å²) in [6.07, 6.45) is 0. The van der Waals surface area contributed by atoms with Crippen molar-refractivity contribution in [2.24, 2.45) is 0 Å². The molecule has 0 saturated carbocycles. The van der Waals surface area contributed by atoms with Crippen molar-refractivity contribution in [1.82, 2.24) is 4.57 Å². The van der Waals surface area contributed by atoms with Crippen molar-refractivity contribution in [1.29, 1.82) is 0 Å². The third-order valence-electron chi connectivity index (χ3n) is 12.0. The predicted octanol–water partition coefficient (Wildman–Crippen LogP) is 16.6. The van der Waals surface area contributed by atoms with E-state index < -0.39 is 0 Å². The van der Waals surface area contributed by atoms with E-state index in [0.717, 1.165) is 39.3 Å². The Morgan fingerprint density at radius 1 is 0.258 bits per heavy atom. The molecule has 0 aliphatic carbocycles. The molecule has 0 spiro atoms. The maximum Gasteiger partial charge on any atom is 0.0562 e. The van der Waals surface area contributed by atoms with Crippen molar-refractivity contribution in [2.75, 3.05) is 4.90 Å². The third-order valence-corrected chi connectivity index (χ3v) is 12.0. The number of para-hydroxylation sites is 2. The fourth-order valence-electron chi connectivity index (χ4n) is 9.09. The van der Waals surface area contributed by atoms with E-state index in [2.05, 4.69) is 264 Å². The van der Waals surface area contributed by atoms with Gasteiger partial charge in [0.25, 0.3) is 0 Å². The zero-order chi connectivity index (χ0) is 41.2. The number of anilines is 3. The normalized spacial score (nSPS) is 11.2. The van der Waals surface area contributed by atoms with Gasteiger partial charge in [-0.05, 0) is 87.0 Å². The largest absolute Gasteiger partial charge is 0.310 e. The van der Waals surface area contributed by atoms with E-state index in [1.807, 2.05) is 0 Å². The molecule has 2 nitrogen and oxygen atoms in total. The van der Waals surface area contributed by atoms with E-state index in [9.17, 15) is 0 Å². The Labute approximate surface area is 362 Å². The average molecular weight is 791 g/mol. The smallest absolute Gasteiger partial charge is 0.0562 e. The summed E-state index contributed by atoms with van der Waals surface area (Å²) in [5, 5.41) is 2.42. The molecule has 1 heterocycles. The minimum absolute atomic E-state index is 1.07. The molecule has 0 aliphatic rings. The number of fused-ring (bicyclic) bond motifs is 3. The molecule has 0 radical (unpaired) electrons. The van der Waals surface area contributed by atoms with Gasteiger partial charge < -0.3 is 9.47 Å². The summed E-state index contributed by atoms with van der Waals surface area (Å²) in [7, 11) is 0. The molecule has 0 saturated heterocycles. The van der Waals surface area contributed by atoms with Crippen molar-refractivity contribution in [3.63, 3.8) is 0 Å². The standard InChI is InChI=1S/C60H42N2/c1-5-19-43(20-6-1)45-33-36-49(37-34-45)61(57-31-17-15-29-54(57)53-28-14-13-27-51(53)46-23-9-3-10-24-46)50-38-40-56-55-30-16-18-32-58(55)62(60(56)42-50)59-41-48(44-21-7-2-8-22-44)35-39-52(59)47-25-11-4-12-26-47/h1-42H. The van der Waals surface area contributed by atoms with Crippen LogP contribution in [0, 0.1) is 0 Å². The number of hydrogen-bond donors (Lipinski definition) is 0. The second-order valence-electron chi connectivity index (χ2n) is 15.7. The van der Waals surface area contributed by atoms with Gasteiger partial charge in [-0.25, -0.2) is 0 Å². The SMILES string of the molecule is c1ccc(-c2ccc(N(c3ccc4c5ccccc5n(-c5cc(-c6ccccc6)ccc5-c5ccccc5)c4c3)c3ccccc3-c3ccccc3-c3ccccc3)cc2)cc1. The highest BCUT2D eigenvalue weighted by atomic mass is 15.1. The van der Waals surface area contributed by atoms with Gasteiger partial charge in [0.05, 0.1) is 22.4 Å². The number of aromatic nitrogens is 1. The molecule has 11 rings (SSSR count). The van der Waals surface area contributed by atoms with Crippen molar-refractivity contribution in [3.8, 4) is 61.3 Å². The van der Waals surface area contributed by atoms with E-state index in [-0.39, 0.29) is 0 Å². The monoisotopic (exact) mass is 790 g/mol. The van der Waals surface area contributed by atoms with E-state index in [1.165, 1.54) is 60.8 Å². The molecule has 11 aromatic rings. The molecule has 10 aromatic carbocycles. The van der Waals surface area contributed by atoms with Crippen molar-refractivity contribution < 1.29 is 0 Å². The highest BCUT2D eigenvalue weighted by Crippen LogP contribution is 2.46. The fraction of sp³-hybridized carbons (Fsp3) is 0. The summed E-state index contributed by atoms with van der Waals surface area (Å²) in [6.45, 7) is 0. The molecule has 0 bridgehead atoms. The molecule has 2 heteroatoms. The number of nitrogens with zero attached hydrogens (tertiary/aromatic N) is 2. The quantitative estimate of drug-likeness (QED) is 0.141. The molecular formula is C60H42N2. The van der Waals surface area contributed by atoms with Crippen LogP contribution in [0.1, 0.15) is 0 Å². The van der Waals surface area contributed by atoms with Crippen LogP contribution in [0.5, 0.6) is 0 Å². The Kier molecular flexibility index (Phi) is 9.57. The van der Waals surface area contributed by atoms with Crippen LogP contribution in [0.4, 0.5) is 17.1 Å². The molecule has 1 aromatic heterocycles. The van der Waals surface area contributed by atoms with Gasteiger partial charge in [0, 0.05) is 33.3 Å². The fourth-order valence-corrected chi connectivity index (χ4v) is 9.09. The molecule has 0 atom stereocenters. The zero-order valence-electron chi connectivity index (χ0n) is 34.1. The molecular weight excluding hydrogens is 749 g/mol. The zero-order valence-corrected chi connectivity index (χ0v) is 34.1.